The van der Waals surface area contributed by atoms with Crippen LogP contribution in [0.15, 0.2) is 83.9 Å². The maximum absolute atomic E-state index is 13.4. The van der Waals surface area contributed by atoms with E-state index in [9.17, 15) is 9.59 Å². The Balaban J connectivity index is 1.92. The van der Waals surface area contributed by atoms with Crippen LogP contribution in [0.25, 0.3) is 11.3 Å². The third-order valence-electron chi connectivity index (χ3n) is 5.30. The minimum Gasteiger partial charge on any atom is -0.340 e. The molecule has 0 fully saturated rings. The van der Waals surface area contributed by atoms with Gasteiger partial charge in [0, 0.05) is 47.0 Å². The van der Waals surface area contributed by atoms with Crippen molar-refractivity contribution in [1.29, 1.82) is 0 Å². The monoisotopic (exact) mass is 443 g/mol. The van der Waals surface area contributed by atoms with E-state index < -0.39 is 5.91 Å². The molecule has 0 aliphatic carbocycles. The number of aromatic nitrogens is 2. The maximum atomic E-state index is 13.4. The molecule has 160 valence electrons. The van der Waals surface area contributed by atoms with Crippen molar-refractivity contribution in [2.75, 3.05) is 5.32 Å². The van der Waals surface area contributed by atoms with Gasteiger partial charge in [0.2, 0.25) is 0 Å². The van der Waals surface area contributed by atoms with Crippen molar-refractivity contribution in [2.45, 2.75) is 20.4 Å². The number of nitrogens with zero attached hydrogens (tertiary/aromatic N) is 2. The summed E-state index contributed by atoms with van der Waals surface area (Å²) in [6, 6.07) is 20.0. The predicted octanol–water partition coefficient (Wildman–Crippen LogP) is 5.48. The van der Waals surface area contributed by atoms with E-state index in [1.54, 1.807) is 24.5 Å². The lowest BCUT2D eigenvalue weighted by Gasteiger charge is -2.21. The summed E-state index contributed by atoms with van der Waals surface area (Å²) in [5.74, 6) is -0.459. The van der Waals surface area contributed by atoms with Crippen molar-refractivity contribution in [1.82, 2.24) is 9.55 Å². The third kappa shape index (κ3) is 4.48. The summed E-state index contributed by atoms with van der Waals surface area (Å²) in [5.41, 5.74) is 4.20. The van der Waals surface area contributed by atoms with E-state index in [-0.39, 0.29) is 11.0 Å². The molecule has 2 heterocycles. The normalized spacial score (nSPS) is 10.7. The molecule has 2 aromatic heterocycles. The molecule has 6 heteroatoms. The number of amides is 1. The molecule has 4 rings (SSSR count). The van der Waals surface area contributed by atoms with Crippen molar-refractivity contribution in [2.24, 2.45) is 0 Å². The zero-order chi connectivity index (χ0) is 22.7. The van der Waals surface area contributed by atoms with Crippen molar-refractivity contribution in [3.8, 4) is 11.3 Å². The molecule has 0 saturated heterocycles. The quantitative estimate of drug-likeness (QED) is 0.444. The van der Waals surface area contributed by atoms with E-state index in [0.717, 1.165) is 16.8 Å². The standard InChI is InChI=1S/C26H22ClN3O2/c1-17-7-3-4-11-22(17)29-26(32)24-23(31)13-18(2)30(16-19-8-6-12-28-15-19)25(24)20-9-5-10-21(27)14-20/h3-15H,16H2,1-2H3,(H,29,32). The van der Waals surface area contributed by atoms with Gasteiger partial charge < -0.3 is 9.88 Å². The lowest BCUT2D eigenvalue weighted by atomic mass is 10.0. The fourth-order valence-corrected chi connectivity index (χ4v) is 3.89. The van der Waals surface area contributed by atoms with Crippen LogP contribution in [0.4, 0.5) is 5.69 Å². The molecule has 32 heavy (non-hydrogen) atoms. The van der Waals surface area contributed by atoms with E-state index >= 15 is 0 Å². The van der Waals surface area contributed by atoms with Crippen LogP contribution in [-0.4, -0.2) is 15.5 Å². The zero-order valence-electron chi connectivity index (χ0n) is 17.8. The number of carbonyl (C=O) groups excluding carboxylic acids is 1. The molecule has 0 aliphatic heterocycles. The summed E-state index contributed by atoms with van der Waals surface area (Å²) in [6.07, 6.45) is 3.48. The Morgan fingerprint density at radius 2 is 1.84 bits per heavy atom. The molecule has 4 aromatic rings. The second kappa shape index (κ2) is 9.20. The molecule has 0 aliphatic rings. The highest BCUT2D eigenvalue weighted by Crippen LogP contribution is 2.28. The molecule has 2 aromatic carbocycles. The molecule has 0 spiro atoms. The van der Waals surface area contributed by atoms with Gasteiger partial charge in [-0.2, -0.15) is 0 Å². The second-order valence-corrected chi connectivity index (χ2v) is 8.04. The SMILES string of the molecule is Cc1ccccc1NC(=O)c1c(-c2cccc(Cl)c2)n(Cc2cccnc2)c(C)cc1=O. The first-order chi connectivity index (χ1) is 15.4. The molecular formula is C26H22ClN3O2. The van der Waals surface area contributed by atoms with Gasteiger partial charge in [-0.15, -0.1) is 0 Å². The highest BCUT2D eigenvalue weighted by molar-refractivity contribution is 6.30. The van der Waals surface area contributed by atoms with Crippen LogP contribution in [0, 0.1) is 13.8 Å². The van der Waals surface area contributed by atoms with Crippen LogP contribution in [0.1, 0.15) is 27.2 Å². The minimum absolute atomic E-state index is 0.0741. The van der Waals surface area contributed by atoms with Crippen molar-refractivity contribution in [3.63, 3.8) is 0 Å². The molecular weight excluding hydrogens is 422 g/mol. The number of carbonyl (C=O) groups is 1. The van der Waals surface area contributed by atoms with Gasteiger partial charge in [0.1, 0.15) is 5.56 Å². The van der Waals surface area contributed by atoms with Crippen LogP contribution in [0.2, 0.25) is 5.02 Å². The van der Waals surface area contributed by atoms with Gasteiger partial charge in [-0.25, -0.2) is 0 Å². The summed E-state index contributed by atoms with van der Waals surface area (Å²) < 4.78 is 1.96. The average Bonchev–Trinajstić information content (AvgIpc) is 2.77. The fourth-order valence-electron chi connectivity index (χ4n) is 3.70. The number of benzene rings is 2. The number of para-hydroxylation sites is 1. The summed E-state index contributed by atoms with van der Waals surface area (Å²) in [7, 11) is 0. The highest BCUT2D eigenvalue weighted by atomic mass is 35.5. The van der Waals surface area contributed by atoms with Crippen LogP contribution in [0.3, 0.4) is 0 Å². The lowest BCUT2D eigenvalue weighted by Crippen LogP contribution is -2.27. The third-order valence-corrected chi connectivity index (χ3v) is 5.54. The Hall–Kier alpha value is -3.70. The molecule has 0 unspecified atom stereocenters. The number of rotatable bonds is 5. The Kier molecular flexibility index (Phi) is 6.19. The van der Waals surface area contributed by atoms with E-state index in [2.05, 4.69) is 10.3 Å². The van der Waals surface area contributed by atoms with Gasteiger partial charge >= 0.3 is 0 Å². The maximum Gasteiger partial charge on any atom is 0.261 e. The Morgan fingerprint density at radius 1 is 1.03 bits per heavy atom. The summed E-state index contributed by atoms with van der Waals surface area (Å²) >= 11 is 6.27. The molecule has 0 radical (unpaired) electrons. The summed E-state index contributed by atoms with van der Waals surface area (Å²) in [4.78, 5) is 30.7. The summed E-state index contributed by atoms with van der Waals surface area (Å²) in [6.45, 7) is 4.21. The smallest absolute Gasteiger partial charge is 0.261 e. The first kappa shape index (κ1) is 21.5. The average molecular weight is 444 g/mol. The fraction of sp³-hybridized carbons (Fsp3) is 0.115. The van der Waals surface area contributed by atoms with Gasteiger partial charge in [0.15, 0.2) is 5.43 Å². The van der Waals surface area contributed by atoms with Crippen LogP contribution >= 0.6 is 11.6 Å². The molecule has 0 saturated carbocycles. The molecule has 0 atom stereocenters. The molecule has 0 bridgehead atoms. The van der Waals surface area contributed by atoms with E-state index in [1.807, 2.05) is 66.9 Å². The number of halogens is 1. The van der Waals surface area contributed by atoms with Gasteiger partial charge in [0.25, 0.3) is 5.91 Å². The van der Waals surface area contributed by atoms with Gasteiger partial charge in [-0.05, 0) is 49.2 Å². The Morgan fingerprint density at radius 3 is 2.56 bits per heavy atom. The first-order valence-electron chi connectivity index (χ1n) is 10.2. The van der Waals surface area contributed by atoms with Crippen molar-refractivity contribution in [3.05, 3.63) is 117 Å². The summed E-state index contributed by atoms with van der Waals surface area (Å²) in [5, 5.41) is 3.43. The highest BCUT2D eigenvalue weighted by Gasteiger charge is 2.22. The second-order valence-electron chi connectivity index (χ2n) is 7.60. The van der Waals surface area contributed by atoms with Gasteiger partial charge in [0.05, 0.1) is 5.69 Å². The number of anilines is 1. The van der Waals surface area contributed by atoms with Crippen molar-refractivity contribution < 1.29 is 4.79 Å². The minimum atomic E-state index is -0.459. The van der Waals surface area contributed by atoms with E-state index in [4.69, 9.17) is 11.6 Å². The Labute approximate surface area is 191 Å². The number of hydrogen-bond acceptors (Lipinski definition) is 3. The number of nitrogens with one attached hydrogen (secondary N) is 1. The van der Waals surface area contributed by atoms with E-state index in [1.165, 1.54) is 6.07 Å². The molecule has 5 nitrogen and oxygen atoms in total. The largest absolute Gasteiger partial charge is 0.340 e. The van der Waals surface area contributed by atoms with Crippen LogP contribution in [-0.2, 0) is 6.54 Å². The van der Waals surface area contributed by atoms with Crippen LogP contribution in [0.5, 0.6) is 0 Å². The molecule has 1 N–H and O–H groups in total. The molecule has 1 amide bonds. The zero-order valence-corrected chi connectivity index (χ0v) is 18.6. The van der Waals surface area contributed by atoms with Gasteiger partial charge in [-0.1, -0.05) is 48.0 Å². The predicted molar refractivity (Wildman–Crippen MR) is 128 cm³/mol. The lowest BCUT2D eigenvalue weighted by molar-refractivity contribution is 0.102. The van der Waals surface area contributed by atoms with Crippen molar-refractivity contribution >= 4 is 23.2 Å². The first-order valence-corrected chi connectivity index (χ1v) is 10.6. The number of aryl methyl sites for hydroxylation is 2. The Bertz CT molecular complexity index is 1350. The number of hydrogen-bond donors (Lipinski definition) is 1. The van der Waals surface area contributed by atoms with E-state index in [0.29, 0.717) is 28.5 Å². The van der Waals surface area contributed by atoms with Gasteiger partial charge in [-0.3, -0.25) is 14.6 Å². The topological polar surface area (TPSA) is 64.0 Å². The van der Waals surface area contributed by atoms with Crippen LogP contribution < -0.4 is 10.7 Å². The number of pyridine rings is 2.